The van der Waals surface area contributed by atoms with Crippen molar-refractivity contribution in [3.8, 4) is 23.5 Å². The molecule has 0 amide bonds. The van der Waals surface area contributed by atoms with Crippen LogP contribution in [-0.4, -0.2) is 55.3 Å². The molecule has 0 radical (unpaired) electrons. The van der Waals surface area contributed by atoms with E-state index in [1.165, 1.54) is 46.7 Å². The minimum atomic E-state index is -0.603. The molecule has 2 aromatic heterocycles. The van der Waals surface area contributed by atoms with Gasteiger partial charge in [0.2, 0.25) is 11.8 Å². The van der Waals surface area contributed by atoms with E-state index < -0.39 is 5.97 Å². The summed E-state index contributed by atoms with van der Waals surface area (Å²) in [5, 5.41) is 0. The third-order valence-corrected chi connectivity index (χ3v) is 4.98. The molecule has 1 saturated carbocycles. The van der Waals surface area contributed by atoms with Crippen LogP contribution in [0.5, 0.6) is 23.5 Å². The third-order valence-electron chi connectivity index (χ3n) is 4.98. The second-order valence-corrected chi connectivity index (χ2v) is 6.75. The number of carbonyl (C=O) groups is 1. The summed E-state index contributed by atoms with van der Waals surface area (Å²) in [4.78, 5) is 27.2. The highest BCUT2D eigenvalue weighted by Crippen LogP contribution is 2.30. The number of esters is 1. The van der Waals surface area contributed by atoms with Gasteiger partial charge in [-0.05, 0) is 25.0 Å². The summed E-state index contributed by atoms with van der Waals surface area (Å²) in [5.74, 6) is 0.816. The first-order chi connectivity index (χ1) is 14.0. The molecule has 1 aliphatic carbocycles. The summed E-state index contributed by atoms with van der Waals surface area (Å²) in [6.45, 7) is 0. The predicted octanol–water partition coefficient (Wildman–Crippen LogP) is 3.24. The van der Waals surface area contributed by atoms with Crippen molar-refractivity contribution in [1.29, 1.82) is 0 Å². The molecule has 0 atom stereocenters. The molecular formula is C20H26N4O5. The molecule has 0 N–H and O–H groups in total. The summed E-state index contributed by atoms with van der Waals surface area (Å²) in [5.41, 5.74) is 0.0537. The largest absolute Gasteiger partial charge is 0.481 e. The average Bonchev–Trinajstić information content (AvgIpc) is 2.78. The fourth-order valence-electron chi connectivity index (χ4n) is 3.35. The number of pyridine rings is 1. The Morgan fingerprint density at radius 1 is 1.00 bits per heavy atom. The number of hydrogen-bond donors (Lipinski definition) is 0. The minimum Gasteiger partial charge on any atom is -0.481 e. The molecule has 156 valence electrons. The number of ether oxygens (including phenoxy) is 4. The Bertz CT molecular complexity index is 833. The Hall–Kier alpha value is -3.10. The summed E-state index contributed by atoms with van der Waals surface area (Å²) in [7, 11) is 6.25. The Balaban J connectivity index is 1.91. The number of carbonyl (C=O) groups excluding carboxylic acids is 1. The zero-order chi connectivity index (χ0) is 20.8. The molecule has 0 unspecified atom stereocenters. The van der Waals surface area contributed by atoms with E-state index in [9.17, 15) is 4.79 Å². The molecule has 0 spiro atoms. The molecule has 2 heterocycles. The molecule has 3 rings (SSSR count). The van der Waals surface area contributed by atoms with Crippen LogP contribution in [0.2, 0.25) is 0 Å². The van der Waals surface area contributed by atoms with Crippen molar-refractivity contribution >= 4 is 11.8 Å². The highest BCUT2D eigenvalue weighted by Gasteiger charge is 2.23. The van der Waals surface area contributed by atoms with Gasteiger partial charge in [-0.25, -0.2) is 9.78 Å². The minimum absolute atomic E-state index is 0.0264. The maximum absolute atomic E-state index is 12.3. The normalized spacial score (nSPS) is 14.2. The monoisotopic (exact) mass is 402 g/mol. The Morgan fingerprint density at radius 2 is 1.66 bits per heavy atom. The average molecular weight is 402 g/mol. The van der Waals surface area contributed by atoms with E-state index in [1.807, 2.05) is 13.1 Å². The SMILES string of the molecule is COC(=O)c1nc(N(C)C2CCCCC2)ccc1Oc1nc(OC)cc(OC)n1. The van der Waals surface area contributed by atoms with Crippen LogP contribution in [0.15, 0.2) is 18.2 Å². The van der Waals surface area contributed by atoms with E-state index in [0.29, 0.717) is 11.9 Å². The topological polar surface area (TPSA) is 95.9 Å². The van der Waals surface area contributed by atoms with Gasteiger partial charge in [0, 0.05) is 13.1 Å². The number of nitrogens with zero attached hydrogens (tertiary/aromatic N) is 4. The standard InChI is InChI=1S/C20H26N4O5/c1-24(13-8-6-5-7-9-13)15-11-10-14(18(21-15)19(25)28-4)29-20-22-16(26-2)12-17(23-20)27-3/h10-13H,5-9H2,1-4H3. The van der Waals surface area contributed by atoms with Gasteiger partial charge in [0.05, 0.1) is 27.4 Å². The first kappa shape index (κ1) is 20.6. The maximum Gasteiger partial charge on any atom is 0.360 e. The fraction of sp³-hybridized carbons (Fsp3) is 0.500. The van der Waals surface area contributed by atoms with Crippen molar-refractivity contribution in [3.63, 3.8) is 0 Å². The lowest BCUT2D eigenvalue weighted by Gasteiger charge is -2.32. The lowest BCUT2D eigenvalue weighted by Crippen LogP contribution is -2.34. The van der Waals surface area contributed by atoms with Crippen molar-refractivity contribution in [3.05, 3.63) is 23.9 Å². The summed E-state index contributed by atoms with van der Waals surface area (Å²) >= 11 is 0. The zero-order valence-corrected chi connectivity index (χ0v) is 17.2. The number of hydrogen-bond acceptors (Lipinski definition) is 9. The summed E-state index contributed by atoms with van der Waals surface area (Å²) < 4.78 is 20.9. The first-order valence-corrected chi connectivity index (χ1v) is 9.52. The van der Waals surface area contributed by atoms with Crippen molar-refractivity contribution in [2.45, 2.75) is 38.1 Å². The van der Waals surface area contributed by atoms with Crippen LogP contribution in [-0.2, 0) is 4.74 Å². The van der Waals surface area contributed by atoms with Crippen LogP contribution in [0.4, 0.5) is 5.82 Å². The Labute approximate surface area is 170 Å². The summed E-state index contributed by atoms with van der Waals surface area (Å²) in [6.07, 6.45) is 5.90. The van der Waals surface area contributed by atoms with Crippen molar-refractivity contribution in [2.75, 3.05) is 33.3 Å². The number of anilines is 1. The molecule has 1 fully saturated rings. The van der Waals surface area contributed by atoms with Gasteiger partial charge in [-0.3, -0.25) is 0 Å². The van der Waals surface area contributed by atoms with Gasteiger partial charge < -0.3 is 23.8 Å². The van der Waals surface area contributed by atoms with Gasteiger partial charge in [-0.1, -0.05) is 19.3 Å². The Kier molecular flexibility index (Phi) is 6.69. The Morgan fingerprint density at radius 3 is 2.24 bits per heavy atom. The van der Waals surface area contributed by atoms with Crippen molar-refractivity contribution in [1.82, 2.24) is 15.0 Å². The van der Waals surface area contributed by atoms with Gasteiger partial charge in [-0.2, -0.15) is 9.97 Å². The van der Waals surface area contributed by atoms with Gasteiger partial charge in [0.25, 0.3) is 0 Å². The van der Waals surface area contributed by atoms with Crippen LogP contribution < -0.4 is 19.1 Å². The highest BCUT2D eigenvalue weighted by atomic mass is 16.5. The second-order valence-electron chi connectivity index (χ2n) is 6.75. The maximum atomic E-state index is 12.3. The lowest BCUT2D eigenvalue weighted by atomic mass is 9.94. The van der Waals surface area contributed by atoms with E-state index in [0.717, 1.165) is 12.8 Å². The van der Waals surface area contributed by atoms with Crippen LogP contribution in [0.25, 0.3) is 0 Å². The molecule has 1 aliphatic rings. The predicted molar refractivity (Wildman–Crippen MR) is 106 cm³/mol. The third kappa shape index (κ3) is 4.85. The van der Waals surface area contributed by atoms with E-state index in [1.54, 1.807) is 6.07 Å². The molecule has 0 bridgehead atoms. The molecule has 0 aromatic carbocycles. The molecule has 9 nitrogen and oxygen atoms in total. The van der Waals surface area contributed by atoms with Crippen molar-refractivity contribution in [2.24, 2.45) is 0 Å². The van der Waals surface area contributed by atoms with E-state index in [4.69, 9.17) is 18.9 Å². The molecule has 2 aromatic rings. The first-order valence-electron chi connectivity index (χ1n) is 9.52. The number of aromatic nitrogens is 3. The number of methoxy groups -OCH3 is 3. The smallest absolute Gasteiger partial charge is 0.360 e. The molecular weight excluding hydrogens is 376 g/mol. The van der Waals surface area contributed by atoms with Crippen LogP contribution in [0.3, 0.4) is 0 Å². The van der Waals surface area contributed by atoms with Crippen LogP contribution >= 0.6 is 0 Å². The van der Waals surface area contributed by atoms with Gasteiger partial charge in [-0.15, -0.1) is 0 Å². The van der Waals surface area contributed by atoms with E-state index in [2.05, 4.69) is 19.9 Å². The quantitative estimate of drug-likeness (QED) is 0.647. The van der Waals surface area contributed by atoms with Gasteiger partial charge >= 0.3 is 12.0 Å². The molecule has 0 aliphatic heterocycles. The molecule has 9 heteroatoms. The lowest BCUT2D eigenvalue weighted by molar-refractivity contribution is 0.0591. The van der Waals surface area contributed by atoms with E-state index in [-0.39, 0.29) is 29.2 Å². The molecule has 29 heavy (non-hydrogen) atoms. The highest BCUT2D eigenvalue weighted by molar-refractivity contribution is 5.90. The fourth-order valence-corrected chi connectivity index (χ4v) is 3.35. The molecule has 0 saturated heterocycles. The van der Waals surface area contributed by atoms with E-state index >= 15 is 0 Å². The second kappa shape index (κ2) is 9.40. The summed E-state index contributed by atoms with van der Waals surface area (Å²) in [6, 6.07) is 5.38. The van der Waals surface area contributed by atoms with Crippen molar-refractivity contribution < 1.29 is 23.7 Å². The number of rotatable bonds is 7. The zero-order valence-electron chi connectivity index (χ0n) is 17.2. The van der Waals surface area contributed by atoms with Gasteiger partial charge in [0.1, 0.15) is 5.82 Å². The van der Waals surface area contributed by atoms with Crippen LogP contribution in [0, 0.1) is 0 Å². The van der Waals surface area contributed by atoms with Crippen LogP contribution in [0.1, 0.15) is 42.6 Å². The van der Waals surface area contributed by atoms with Gasteiger partial charge in [0.15, 0.2) is 11.4 Å².